The van der Waals surface area contributed by atoms with Crippen molar-refractivity contribution in [2.45, 2.75) is 13.8 Å². The molecule has 3 rings (SSSR count). The first kappa shape index (κ1) is 12.1. The van der Waals surface area contributed by atoms with E-state index in [-0.39, 0.29) is 0 Å². The number of hydrogen-bond acceptors (Lipinski definition) is 2. The lowest BCUT2D eigenvalue weighted by Gasteiger charge is -2.05. The summed E-state index contributed by atoms with van der Waals surface area (Å²) in [6.07, 6.45) is 0. The third-order valence-corrected chi connectivity index (χ3v) is 3.43. The molecule has 0 saturated carbocycles. The number of benzene rings is 1. The van der Waals surface area contributed by atoms with E-state index in [1.54, 1.807) is 0 Å². The quantitative estimate of drug-likeness (QED) is 0.744. The fourth-order valence-corrected chi connectivity index (χ4v) is 2.42. The van der Waals surface area contributed by atoms with Crippen LogP contribution in [0.5, 0.6) is 0 Å². The summed E-state index contributed by atoms with van der Waals surface area (Å²) in [4.78, 5) is 3.29. The number of fused-ring (bicyclic) bond motifs is 1. The third-order valence-electron chi connectivity index (χ3n) is 3.21. The molecular formula is C14H15ClN4. The number of rotatable bonds is 2. The van der Waals surface area contributed by atoms with Gasteiger partial charge in [0.2, 0.25) is 0 Å². The van der Waals surface area contributed by atoms with Gasteiger partial charge in [-0.15, -0.1) is 0 Å². The van der Waals surface area contributed by atoms with Gasteiger partial charge in [0.1, 0.15) is 0 Å². The maximum atomic E-state index is 6.15. The zero-order valence-corrected chi connectivity index (χ0v) is 11.8. The Bertz CT molecular complexity index is 735. The lowest BCUT2D eigenvalue weighted by molar-refractivity contribution is 0.743. The van der Waals surface area contributed by atoms with E-state index in [1.165, 1.54) is 0 Å². The highest BCUT2D eigenvalue weighted by molar-refractivity contribution is 6.31. The average Bonchev–Trinajstić information content (AvgIpc) is 2.82. The maximum Gasteiger partial charge on any atom is 0.152 e. The van der Waals surface area contributed by atoms with E-state index in [0.717, 1.165) is 33.8 Å². The number of H-pyrrole nitrogens is 1. The molecule has 5 heteroatoms. The number of aryl methyl sites for hydroxylation is 3. The Morgan fingerprint density at radius 1 is 1.21 bits per heavy atom. The number of aromatic nitrogens is 3. The van der Waals surface area contributed by atoms with Gasteiger partial charge in [0.05, 0.1) is 5.69 Å². The second-order valence-electron chi connectivity index (χ2n) is 4.79. The minimum Gasteiger partial charge on any atom is -0.359 e. The van der Waals surface area contributed by atoms with Crippen LogP contribution in [0.15, 0.2) is 24.3 Å². The number of halogens is 1. The number of anilines is 2. The van der Waals surface area contributed by atoms with Gasteiger partial charge in [-0.1, -0.05) is 11.6 Å². The normalized spacial score (nSPS) is 11.2. The summed E-state index contributed by atoms with van der Waals surface area (Å²) in [5.74, 6) is 0.822. The highest BCUT2D eigenvalue weighted by Gasteiger charge is 2.08. The maximum absolute atomic E-state index is 6.15. The van der Waals surface area contributed by atoms with Crippen molar-refractivity contribution in [2.24, 2.45) is 7.05 Å². The largest absolute Gasteiger partial charge is 0.359 e. The van der Waals surface area contributed by atoms with Crippen molar-refractivity contribution < 1.29 is 0 Å². The molecule has 0 atom stereocenters. The number of hydrogen-bond donors (Lipinski definition) is 2. The molecule has 0 radical (unpaired) electrons. The van der Waals surface area contributed by atoms with Crippen molar-refractivity contribution in [1.29, 1.82) is 0 Å². The van der Waals surface area contributed by atoms with Crippen molar-refractivity contribution >= 4 is 34.0 Å². The SMILES string of the molecule is Cc1cc2c(Nc3cc(C)n(C)n3)cc(Cl)cc2[nH]1. The van der Waals surface area contributed by atoms with Crippen LogP contribution in [0, 0.1) is 13.8 Å². The van der Waals surface area contributed by atoms with E-state index in [9.17, 15) is 0 Å². The van der Waals surface area contributed by atoms with Crippen molar-refractivity contribution in [1.82, 2.24) is 14.8 Å². The molecule has 1 aromatic carbocycles. The molecular weight excluding hydrogens is 260 g/mol. The number of nitrogens with one attached hydrogen (secondary N) is 2. The Balaban J connectivity index is 2.08. The van der Waals surface area contributed by atoms with E-state index < -0.39 is 0 Å². The summed E-state index contributed by atoms with van der Waals surface area (Å²) in [5.41, 5.74) is 4.20. The van der Waals surface area contributed by atoms with Crippen LogP contribution < -0.4 is 5.32 Å². The fraction of sp³-hybridized carbons (Fsp3) is 0.214. The van der Waals surface area contributed by atoms with Gasteiger partial charge in [0.15, 0.2) is 5.82 Å². The van der Waals surface area contributed by atoms with Crippen molar-refractivity contribution in [3.63, 3.8) is 0 Å². The average molecular weight is 275 g/mol. The van der Waals surface area contributed by atoms with Gasteiger partial charge in [-0.2, -0.15) is 5.10 Å². The van der Waals surface area contributed by atoms with Crippen LogP contribution in [0.4, 0.5) is 11.5 Å². The van der Waals surface area contributed by atoms with Crippen molar-refractivity contribution in [2.75, 3.05) is 5.32 Å². The van der Waals surface area contributed by atoms with Gasteiger partial charge in [0.25, 0.3) is 0 Å². The molecule has 19 heavy (non-hydrogen) atoms. The number of nitrogens with zero attached hydrogens (tertiary/aromatic N) is 2. The van der Waals surface area contributed by atoms with Gasteiger partial charge in [0, 0.05) is 40.4 Å². The third kappa shape index (κ3) is 2.19. The van der Waals surface area contributed by atoms with Gasteiger partial charge in [-0.25, -0.2) is 0 Å². The van der Waals surface area contributed by atoms with Crippen LogP contribution in [0.1, 0.15) is 11.4 Å². The summed E-state index contributed by atoms with van der Waals surface area (Å²) < 4.78 is 1.84. The second kappa shape index (κ2) is 4.31. The van der Waals surface area contributed by atoms with Crippen molar-refractivity contribution in [3.8, 4) is 0 Å². The molecule has 0 bridgehead atoms. The van der Waals surface area contributed by atoms with E-state index >= 15 is 0 Å². The first-order chi connectivity index (χ1) is 9.02. The van der Waals surface area contributed by atoms with E-state index in [4.69, 9.17) is 11.6 Å². The molecule has 0 unspecified atom stereocenters. The Kier molecular flexibility index (Phi) is 2.75. The van der Waals surface area contributed by atoms with Gasteiger partial charge >= 0.3 is 0 Å². The summed E-state index contributed by atoms with van der Waals surface area (Å²) in [6, 6.07) is 7.95. The molecule has 0 spiro atoms. The minimum absolute atomic E-state index is 0.699. The lowest BCUT2D eigenvalue weighted by atomic mass is 10.2. The fourth-order valence-electron chi connectivity index (χ4n) is 2.21. The first-order valence-corrected chi connectivity index (χ1v) is 6.47. The zero-order chi connectivity index (χ0) is 13.6. The molecule has 0 amide bonds. The Morgan fingerprint density at radius 2 is 2.00 bits per heavy atom. The molecule has 4 nitrogen and oxygen atoms in total. The highest BCUT2D eigenvalue weighted by Crippen LogP contribution is 2.30. The summed E-state index contributed by atoms with van der Waals surface area (Å²) >= 11 is 6.15. The predicted molar refractivity (Wildman–Crippen MR) is 79.3 cm³/mol. The Hall–Kier alpha value is -1.94. The zero-order valence-electron chi connectivity index (χ0n) is 11.1. The summed E-state index contributed by atoms with van der Waals surface area (Å²) in [7, 11) is 1.93. The molecule has 0 aliphatic rings. The van der Waals surface area contributed by atoms with Crippen LogP contribution in [0.3, 0.4) is 0 Å². The van der Waals surface area contributed by atoms with Gasteiger partial charge < -0.3 is 10.3 Å². The van der Waals surface area contributed by atoms with Crippen LogP contribution in [-0.2, 0) is 7.05 Å². The van der Waals surface area contributed by atoms with Crippen LogP contribution in [0.2, 0.25) is 5.02 Å². The molecule has 0 aliphatic carbocycles. The van der Waals surface area contributed by atoms with E-state index in [1.807, 2.05) is 43.8 Å². The molecule has 3 aromatic rings. The molecule has 0 saturated heterocycles. The molecule has 0 fully saturated rings. The topological polar surface area (TPSA) is 45.6 Å². The Morgan fingerprint density at radius 3 is 2.68 bits per heavy atom. The van der Waals surface area contributed by atoms with Crippen LogP contribution in [-0.4, -0.2) is 14.8 Å². The number of aromatic amines is 1. The smallest absolute Gasteiger partial charge is 0.152 e. The molecule has 98 valence electrons. The van der Waals surface area contributed by atoms with Gasteiger partial charge in [-0.05, 0) is 32.0 Å². The summed E-state index contributed by atoms with van der Waals surface area (Å²) in [6.45, 7) is 4.05. The Labute approximate surface area is 116 Å². The minimum atomic E-state index is 0.699. The molecule has 2 heterocycles. The first-order valence-electron chi connectivity index (χ1n) is 6.09. The molecule has 0 aliphatic heterocycles. The second-order valence-corrected chi connectivity index (χ2v) is 5.22. The van der Waals surface area contributed by atoms with Crippen LogP contribution in [0.25, 0.3) is 10.9 Å². The monoisotopic (exact) mass is 274 g/mol. The predicted octanol–water partition coefficient (Wildman–Crippen LogP) is 3.92. The van der Waals surface area contributed by atoms with E-state index in [2.05, 4.69) is 21.5 Å². The van der Waals surface area contributed by atoms with Crippen LogP contribution >= 0.6 is 11.6 Å². The van der Waals surface area contributed by atoms with Gasteiger partial charge in [-0.3, -0.25) is 4.68 Å². The highest BCUT2D eigenvalue weighted by atomic mass is 35.5. The van der Waals surface area contributed by atoms with Crippen molar-refractivity contribution in [3.05, 3.63) is 40.7 Å². The lowest BCUT2D eigenvalue weighted by Crippen LogP contribution is -1.95. The standard InChI is InChI=1S/C14H15ClN4/c1-8-4-11-12(16-8)6-10(15)7-13(11)17-14-5-9(2)19(3)18-14/h4-7,16H,1-3H3,(H,17,18). The molecule has 2 N–H and O–H groups in total. The molecule has 2 aromatic heterocycles. The van der Waals surface area contributed by atoms with E-state index in [0.29, 0.717) is 5.02 Å². The summed E-state index contributed by atoms with van der Waals surface area (Å²) in [5, 5.41) is 9.54.